The molecule has 7 heteroatoms. The molecule has 0 saturated heterocycles. The van der Waals surface area contributed by atoms with Gasteiger partial charge in [0.2, 0.25) is 0 Å². The third kappa shape index (κ3) is 4.73. The average Bonchev–Trinajstić information content (AvgIpc) is 3.04. The first-order chi connectivity index (χ1) is 14.0. The monoisotopic (exact) mass is 408 g/mol. The Bertz CT molecular complexity index is 1170. The summed E-state index contributed by atoms with van der Waals surface area (Å²) in [5.74, 6) is 2.59. The van der Waals surface area contributed by atoms with E-state index in [1.165, 1.54) is 11.3 Å². The Hall–Kier alpha value is -3.37. The largest absolute Gasteiger partial charge is 0.497 e. The van der Waals surface area contributed by atoms with Crippen molar-refractivity contribution < 1.29 is 19.1 Å². The maximum absolute atomic E-state index is 12.5. The molecule has 0 bridgehead atoms. The van der Waals surface area contributed by atoms with Crippen LogP contribution in [0.4, 0.5) is 0 Å². The van der Waals surface area contributed by atoms with E-state index in [0.29, 0.717) is 22.7 Å². The molecular weight excluding hydrogens is 388 g/mol. The van der Waals surface area contributed by atoms with Crippen LogP contribution in [0.3, 0.4) is 0 Å². The lowest BCUT2D eigenvalue weighted by molar-refractivity contribution is -0.117. The number of hydrogen-bond donors (Lipinski definition) is 0. The van der Waals surface area contributed by atoms with E-state index in [4.69, 9.17) is 15.9 Å². The van der Waals surface area contributed by atoms with Crippen LogP contribution in [0.5, 0.6) is 5.75 Å². The molecular formula is C22H20N2O4S. The number of carbonyl (C=O) groups is 2. The topological polar surface area (TPSA) is 69.9 Å². The van der Waals surface area contributed by atoms with E-state index in [2.05, 4.69) is 10.9 Å². The zero-order valence-electron chi connectivity index (χ0n) is 16.2. The van der Waals surface area contributed by atoms with E-state index in [1.54, 1.807) is 42.9 Å². The number of thiazole rings is 1. The number of aromatic nitrogens is 1. The SMILES string of the molecule is C#CCn1c(=NC(=O)Cc2cccc(OC)c2)sc2cc(C(=O)OCC)ccc21. The lowest BCUT2D eigenvalue weighted by Gasteiger charge is -2.03. The fourth-order valence-electron chi connectivity index (χ4n) is 2.85. The molecule has 0 saturated carbocycles. The van der Waals surface area contributed by atoms with Crippen molar-refractivity contribution >= 4 is 33.4 Å². The van der Waals surface area contributed by atoms with E-state index in [0.717, 1.165) is 15.8 Å². The van der Waals surface area contributed by atoms with E-state index in [9.17, 15) is 9.59 Å². The number of ether oxygens (including phenoxy) is 2. The molecule has 0 unspecified atom stereocenters. The summed E-state index contributed by atoms with van der Waals surface area (Å²) in [7, 11) is 1.58. The van der Waals surface area contributed by atoms with Crippen LogP contribution in [0, 0.1) is 12.3 Å². The Morgan fingerprint density at radius 1 is 1.24 bits per heavy atom. The van der Waals surface area contributed by atoms with Gasteiger partial charge in [0.15, 0.2) is 4.80 Å². The Balaban J connectivity index is 1.97. The summed E-state index contributed by atoms with van der Waals surface area (Å²) < 4.78 is 12.8. The Morgan fingerprint density at radius 3 is 2.79 bits per heavy atom. The highest BCUT2D eigenvalue weighted by atomic mass is 32.1. The van der Waals surface area contributed by atoms with Gasteiger partial charge in [0.1, 0.15) is 5.75 Å². The Labute approximate surface area is 172 Å². The first-order valence-corrected chi connectivity index (χ1v) is 9.81. The van der Waals surface area contributed by atoms with Gasteiger partial charge in [-0.05, 0) is 42.8 Å². The maximum Gasteiger partial charge on any atom is 0.338 e. The van der Waals surface area contributed by atoms with Crippen molar-refractivity contribution in [1.82, 2.24) is 4.57 Å². The van der Waals surface area contributed by atoms with Gasteiger partial charge in [0.05, 0.1) is 42.5 Å². The number of terminal acetylenes is 1. The van der Waals surface area contributed by atoms with Crippen LogP contribution in [-0.2, 0) is 22.5 Å². The molecule has 148 valence electrons. The molecule has 29 heavy (non-hydrogen) atoms. The van der Waals surface area contributed by atoms with Gasteiger partial charge in [-0.1, -0.05) is 29.4 Å². The van der Waals surface area contributed by atoms with E-state index >= 15 is 0 Å². The number of amides is 1. The van der Waals surface area contributed by atoms with Crippen molar-refractivity contribution in [3.05, 3.63) is 58.4 Å². The van der Waals surface area contributed by atoms with Crippen molar-refractivity contribution in [3.63, 3.8) is 0 Å². The second kappa shape index (κ2) is 9.22. The standard InChI is InChI=1S/C22H20N2O4S/c1-4-11-24-18-10-9-16(21(26)28-5-2)14-19(18)29-22(24)23-20(25)13-15-7-6-8-17(12-15)27-3/h1,6-10,12,14H,5,11,13H2,2-3H3. The van der Waals surface area contributed by atoms with E-state index in [-0.39, 0.29) is 24.8 Å². The summed E-state index contributed by atoms with van der Waals surface area (Å²) in [5, 5.41) is 0. The van der Waals surface area contributed by atoms with Gasteiger partial charge in [0.25, 0.3) is 5.91 Å². The van der Waals surface area contributed by atoms with Crippen molar-refractivity contribution in [2.24, 2.45) is 4.99 Å². The normalized spacial score (nSPS) is 11.3. The van der Waals surface area contributed by atoms with Gasteiger partial charge in [-0.3, -0.25) is 4.79 Å². The predicted molar refractivity (Wildman–Crippen MR) is 112 cm³/mol. The van der Waals surface area contributed by atoms with Gasteiger partial charge < -0.3 is 14.0 Å². The Morgan fingerprint density at radius 2 is 2.07 bits per heavy atom. The highest BCUT2D eigenvalue weighted by Crippen LogP contribution is 2.20. The van der Waals surface area contributed by atoms with Gasteiger partial charge in [-0.2, -0.15) is 4.99 Å². The third-order valence-electron chi connectivity index (χ3n) is 4.15. The molecule has 0 spiro atoms. The summed E-state index contributed by atoms with van der Waals surface area (Å²) in [6.07, 6.45) is 5.65. The van der Waals surface area contributed by atoms with E-state index < -0.39 is 0 Å². The number of benzene rings is 2. The highest BCUT2D eigenvalue weighted by Gasteiger charge is 2.12. The molecule has 3 rings (SSSR count). The second-order valence-corrected chi connectivity index (χ2v) is 7.12. The van der Waals surface area contributed by atoms with Crippen molar-refractivity contribution in [2.45, 2.75) is 19.9 Å². The number of methoxy groups -OCH3 is 1. The van der Waals surface area contributed by atoms with Gasteiger partial charge in [0, 0.05) is 0 Å². The molecule has 1 aromatic heterocycles. The highest BCUT2D eigenvalue weighted by molar-refractivity contribution is 7.16. The first kappa shape index (κ1) is 20.4. The molecule has 2 aromatic carbocycles. The summed E-state index contributed by atoms with van der Waals surface area (Å²) in [5.41, 5.74) is 2.07. The van der Waals surface area contributed by atoms with Crippen LogP contribution in [0.1, 0.15) is 22.8 Å². The lowest BCUT2D eigenvalue weighted by Crippen LogP contribution is -2.17. The fraction of sp³-hybridized carbons (Fsp3) is 0.227. The van der Waals surface area contributed by atoms with Crippen molar-refractivity contribution in [3.8, 4) is 18.1 Å². The number of fused-ring (bicyclic) bond motifs is 1. The zero-order chi connectivity index (χ0) is 20.8. The lowest BCUT2D eigenvalue weighted by atomic mass is 10.1. The van der Waals surface area contributed by atoms with Gasteiger partial charge in [-0.15, -0.1) is 6.42 Å². The van der Waals surface area contributed by atoms with E-state index in [1.807, 2.05) is 18.2 Å². The predicted octanol–water partition coefficient (Wildman–Crippen LogP) is 3.19. The van der Waals surface area contributed by atoms with Crippen molar-refractivity contribution in [2.75, 3.05) is 13.7 Å². The molecule has 6 nitrogen and oxygen atoms in total. The molecule has 0 atom stereocenters. The molecule has 0 aliphatic heterocycles. The molecule has 0 radical (unpaired) electrons. The van der Waals surface area contributed by atoms with Crippen LogP contribution >= 0.6 is 11.3 Å². The van der Waals surface area contributed by atoms with Crippen LogP contribution in [0.25, 0.3) is 10.2 Å². The first-order valence-electron chi connectivity index (χ1n) is 9.00. The molecule has 0 aliphatic carbocycles. The smallest absolute Gasteiger partial charge is 0.338 e. The van der Waals surface area contributed by atoms with Gasteiger partial charge >= 0.3 is 5.97 Å². The quantitative estimate of drug-likeness (QED) is 0.464. The number of esters is 1. The number of hydrogen-bond acceptors (Lipinski definition) is 5. The molecule has 0 fully saturated rings. The van der Waals surface area contributed by atoms with Crippen molar-refractivity contribution in [1.29, 1.82) is 0 Å². The van der Waals surface area contributed by atoms with Crippen LogP contribution in [0.15, 0.2) is 47.5 Å². The number of nitrogens with zero attached hydrogens (tertiary/aromatic N) is 2. The minimum absolute atomic E-state index is 0.148. The fourth-order valence-corrected chi connectivity index (χ4v) is 3.93. The zero-order valence-corrected chi connectivity index (χ0v) is 17.0. The van der Waals surface area contributed by atoms with Gasteiger partial charge in [-0.25, -0.2) is 4.79 Å². The minimum Gasteiger partial charge on any atom is -0.497 e. The van der Waals surface area contributed by atoms with Crippen LogP contribution in [0.2, 0.25) is 0 Å². The third-order valence-corrected chi connectivity index (χ3v) is 5.19. The van der Waals surface area contributed by atoms with Crippen LogP contribution < -0.4 is 9.54 Å². The molecule has 3 aromatic rings. The summed E-state index contributed by atoms with van der Waals surface area (Å²) >= 11 is 1.31. The summed E-state index contributed by atoms with van der Waals surface area (Å²) in [6.45, 7) is 2.33. The summed E-state index contributed by atoms with van der Waals surface area (Å²) in [4.78, 5) is 29.3. The molecule has 0 aliphatic rings. The second-order valence-electron chi connectivity index (χ2n) is 6.11. The molecule has 1 heterocycles. The summed E-state index contributed by atoms with van der Waals surface area (Å²) in [6, 6.07) is 12.5. The van der Waals surface area contributed by atoms with Crippen LogP contribution in [-0.4, -0.2) is 30.2 Å². The molecule has 0 N–H and O–H groups in total. The maximum atomic E-state index is 12.5. The Kier molecular flexibility index (Phi) is 6.47. The minimum atomic E-state index is -0.390. The number of carbonyl (C=O) groups excluding carboxylic acids is 2. The average molecular weight is 408 g/mol. The number of rotatable bonds is 6. The molecule has 1 amide bonds.